The molecule has 2 aromatic carbocycles. The predicted octanol–water partition coefficient (Wildman–Crippen LogP) is 3.73. The van der Waals surface area contributed by atoms with E-state index in [0.29, 0.717) is 36.6 Å². The minimum atomic E-state index is -3.54. The highest BCUT2D eigenvalue weighted by Gasteiger charge is 2.25. The van der Waals surface area contributed by atoms with Crippen molar-refractivity contribution >= 4 is 33.2 Å². The van der Waals surface area contributed by atoms with Crippen LogP contribution in [0.15, 0.2) is 72.1 Å². The van der Waals surface area contributed by atoms with Crippen LogP contribution in [-0.2, 0) is 21.4 Å². The summed E-state index contributed by atoms with van der Waals surface area (Å²) in [5.41, 5.74) is 1.38. The first-order valence-corrected chi connectivity index (χ1v) is 13.1. The maximum Gasteiger partial charge on any atom is 0.255 e. The summed E-state index contributed by atoms with van der Waals surface area (Å²) in [5.74, 6) is -0.528. The molecule has 3 aromatic rings. The van der Waals surface area contributed by atoms with Crippen molar-refractivity contribution < 1.29 is 18.0 Å². The van der Waals surface area contributed by atoms with Gasteiger partial charge in [0.25, 0.3) is 5.91 Å². The largest absolute Gasteiger partial charge is 0.337 e. The molecular formula is C25H29N5O4S. The molecule has 184 valence electrons. The zero-order chi connectivity index (χ0) is 24.7. The third kappa shape index (κ3) is 6.55. The van der Waals surface area contributed by atoms with Crippen molar-refractivity contribution in [1.82, 2.24) is 13.9 Å². The van der Waals surface area contributed by atoms with Crippen LogP contribution in [0.4, 0.5) is 11.4 Å². The molecule has 1 aliphatic heterocycles. The fourth-order valence-corrected chi connectivity index (χ4v) is 5.47. The van der Waals surface area contributed by atoms with Crippen LogP contribution in [0.1, 0.15) is 42.5 Å². The summed E-state index contributed by atoms with van der Waals surface area (Å²) in [6.45, 7) is 1.59. The highest BCUT2D eigenvalue weighted by Crippen LogP contribution is 2.22. The van der Waals surface area contributed by atoms with E-state index in [0.717, 1.165) is 25.7 Å². The van der Waals surface area contributed by atoms with Crippen LogP contribution < -0.4 is 10.6 Å². The molecule has 0 atom stereocenters. The van der Waals surface area contributed by atoms with Crippen molar-refractivity contribution in [2.75, 3.05) is 23.7 Å². The Balaban J connectivity index is 1.35. The molecule has 0 saturated carbocycles. The number of hydrogen-bond donors (Lipinski definition) is 2. The smallest absolute Gasteiger partial charge is 0.255 e. The first-order chi connectivity index (χ1) is 16.9. The number of nitrogens with one attached hydrogen (secondary N) is 2. The van der Waals surface area contributed by atoms with Gasteiger partial charge in [0, 0.05) is 55.4 Å². The van der Waals surface area contributed by atoms with Crippen molar-refractivity contribution in [3.05, 3.63) is 72.8 Å². The molecule has 2 heterocycles. The molecule has 0 radical (unpaired) electrons. The van der Waals surface area contributed by atoms with Gasteiger partial charge in [-0.25, -0.2) is 13.4 Å². The van der Waals surface area contributed by atoms with Crippen LogP contribution in [0.25, 0.3) is 0 Å². The lowest BCUT2D eigenvalue weighted by molar-refractivity contribution is -0.116. The number of aromatic nitrogens is 2. The van der Waals surface area contributed by atoms with Crippen LogP contribution in [0.2, 0.25) is 0 Å². The number of hydrogen-bond acceptors (Lipinski definition) is 5. The Labute approximate surface area is 205 Å². The molecule has 4 rings (SSSR count). The zero-order valence-electron chi connectivity index (χ0n) is 19.4. The van der Waals surface area contributed by atoms with Crippen LogP contribution in [0.5, 0.6) is 0 Å². The van der Waals surface area contributed by atoms with E-state index >= 15 is 0 Å². The van der Waals surface area contributed by atoms with E-state index in [9.17, 15) is 18.0 Å². The molecule has 2 N–H and O–H groups in total. The number of benzene rings is 2. The molecular weight excluding hydrogens is 466 g/mol. The quantitative estimate of drug-likeness (QED) is 0.494. The standard InChI is InChI=1S/C25H29N5O4S/c31-24(12-16-29-17-13-26-19-29)27-22-7-5-6-20(18-22)25(32)28-21-8-10-23(11-9-21)35(33,34)30-14-3-1-2-4-15-30/h5-11,13,17-19H,1-4,12,14-16H2,(H,27,31)(H,28,32). The maximum atomic E-state index is 12.9. The first-order valence-electron chi connectivity index (χ1n) is 11.7. The number of anilines is 2. The molecule has 10 heteroatoms. The Kier molecular flexibility index (Phi) is 7.94. The Morgan fingerprint density at radius 3 is 2.34 bits per heavy atom. The molecule has 0 unspecified atom stereocenters. The molecule has 0 spiro atoms. The summed E-state index contributed by atoms with van der Waals surface area (Å²) >= 11 is 0. The fourth-order valence-electron chi connectivity index (χ4n) is 3.96. The highest BCUT2D eigenvalue weighted by molar-refractivity contribution is 7.89. The van der Waals surface area contributed by atoms with E-state index in [-0.39, 0.29) is 23.1 Å². The van der Waals surface area contributed by atoms with Gasteiger partial charge in [0.2, 0.25) is 15.9 Å². The van der Waals surface area contributed by atoms with Gasteiger partial charge >= 0.3 is 0 Å². The lowest BCUT2D eigenvalue weighted by Crippen LogP contribution is -2.31. The summed E-state index contributed by atoms with van der Waals surface area (Å²) in [6.07, 6.45) is 9.21. The minimum absolute atomic E-state index is 0.169. The lowest BCUT2D eigenvalue weighted by Gasteiger charge is -2.20. The maximum absolute atomic E-state index is 12.9. The number of amides is 2. The number of sulfonamides is 1. The molecule has 1 aromatic heterocycles. The van der Waals surface area contributed by atoms with E-state index in [4.69, 9.17) is 0 Å². The first kappa shape index (κ1) is 24.6. The predicted molar refractivity (Wildman–Crippen MR) is 134 cm³/mol. The number of rotatable bonds is 8. The van der Waals surface area contributed by atoms with Crippen LogP contribution in [0, 0.1) is 0 Å². The average Bonchev–Trinajstić information content (AvgIpc) is 3.22. The van der Waals surface area contributed by atoms with Gasteiger partial charge in [-0.05, 0) is 55.3 Å². The Bertz CT molecular complexity index is 1250. The second-order valence-corrected chi connectivity index (χ2v) is 10.4. The molecule has 1 aliphatic rings. The summed E-state index contributed by atoms with van der Waals surface area (Å²) in [4.78, 5) is 29.1. The van der Waals surface area contributed by atoms with Gasteiger partial charge in [0.15, 0.2) is 0 Å². The molecule has 0 aliphatic carbocycles. The molecule has 1 fully saturated rings. The van der Waals surface area contributed by atoms with Crippen molar-refractivity contribution in [1.29, 1.82) is 0 Å². The van der Waals surface area contributed by atoms with Crippen LogP contribution in [0.3, 0.4) is 0 Å². The van der Waals surface area contributed by atoms with Gasteiger partial charge in [-0.15, -0.1) is 0 Å². The van der Waals surface area contributed by atoms with Gasteiger partial charge in [-0.1, -0.05) is 18.9 Å². The van der Waals surface area contributed by atoms with Crippen LogP contribution in [-0.4, -0.2) is 47.2 Å². The second-order valence-electron chi connectivity index (χ2n) is 8.48. The van der Waals surface area contributed by atoms with E-state index in [1.807, 2.05) is 4.57 Å². The van der Waals surface area contributed by atoms with Gasteiger partial charge < -0.3 is 15.2 Å². The topological polar surface area (TPSA) is 113 Å². The molecule has 35 heavy (non-hydrogen) atoms. The highest BCUT2D eigenvalue weighted by atomic mass is 32.2. The monoisotopic (exact) mass is 495 g/mol. The second kappa shape index (κ2) is 11.3. The molecule has 0 bridgehead atoms. The van der Waals surface area contributed by atoms with E-state index in [1.54, 1.807) is 59.4 Å². The van der Waals surface area contributed by atoms with Crippen molar-refractivity contribution in [3.63, 3.8) is 0 Å². The third-order valence-electron chi connectivity index (χ3n) is 5.88. The van der Waals surface area contributed by atoms with Gasteiger partial charge in [-0.3, -0.25) is 9.59 Å². The molecule has 1 saturated heterocycles. The van der Waals surface area contributed by atoms with Crippen molar-refractivity contribution in [2.45, 2.75) is 43.5 Å². The van der Waals surface area contributed by atoms with Gasteiger partial charge in [0.05, 0.1) is 11.2 Å². The minimum Gasteiger partial charge on any atom is -0.337 e. The number of nitrogens with zero attached hydrogens (tertiary/aromatic N) is 3. The van der Waals surface area contributed by atoms with Crippen LogP contribution >= 0.6 is 0 Å². The summed E-state index contributed by atoms with van der Waals surface area (Å²) < 4.78 is 29.2. The third-order valence-corrected chi connectivity index (χ3v) is 7.79. The fraction of sp³-hybridized carbons (Fsp3) is 0.320. The summed E-state index contributed by atoms with van der Waals surface area (Å²) in [7, 11) is -3.54. The average molecular weight is 496 g/mol. The summed E-state index contributed by atoms with van der Waals surface area (Å²) in [6, 6.07) is 12.9. The number of carbonyl (C=O) groups is 2. The van der Waals surface area contributed by atoms with Gasteiger partial charge in [0.1, 0.15) is 0 Å². The van der Waals surface area contributed by atoms with E-state index in [1.165, 1.54) is 12.1 Å². The normalized spacial score (nSPS) is 14.7. The number of imidazole rings is 1. The Morgan fingerprint density at radius 1 is 0.914 bits per heavy atom. The van der Waals surface area contributed by atoms with Crippen molar-refractivity contribution in [3.8, 4) is 0 Å². The Hall–Kier alpha value is -3.50. The molecule has 9 nitrogen and oxygen atoms in total. The van der Waals surface area contributed by atoms with E-state index < -0.39 is 10.0 Å². The van der Waals surface area contributed by atoms with E-state index in [2.05, 4.69) is 15.6 Å². The Morgan fingerprint density at radius 2 is 1.66 bits per heavy atom. The number of carbonyl (C=O) groups excluding carboxylic acids is 2. The summed E-state index contributed by atoms with van der Waals surface area (Å²) in [5, 5.41) is 5.58. The van der Waals surface area contributed by atoms with Gasteiger partial charge in [-0.2, -0.15) is 4.31 Å². The lowest BCUT2D eigenvalue weighted by atomic mass is 10.1. The molecule has 2 amide bonds. The number of aryl methyl sites for hydroxylation is 1. The van der Waals surface area contributed by atoms with Crippen molar-refractivity contribution in [2.24, 2.45) is 0 Å². The zero-order valence-corrected chi connectivity index (χ0v) is 20.2. The SMILES string of the molecule is O=C(CCn1ccnc1)Nc1cccc(C(=O)Nc2ccc(S(=O)(=O)N3CCCCCC3)cc2)c1.